The van der Waals surface area contributed by atoms with Gasteiger partial charge in [0.05, 0.1) is 5.54 Å². The highest BCUT2D eigenvalue weighted by Crippen LogP contribution is 2.48. The van der Waals surface area contributed by atoms with Gasteiger partial charge in [-0.05, 0) is 91.8 Å². The van der Waals surface area contributed by atoms with Crippen molar-refractivity contribution in [2.45, 2.75) is 37.4 Å². The average Bonchev–Trinajstić information content (AvgIpc) is 3.90. The van der Waals surface area contributed by atoms with Gasteiger partial charge in [-0.25, -0.2) is 4.39 Å². The summed E-state index contributed by atoms with van der Waals surface area (Å²) in [5.74, 6) is -2.70. The van der Waals surface area contributed by atoms with Crippen molar-refractivity contribution in [2.75, 3.05) is 42.2 Å². The molecule has 1 saturated carbocycles. The van der Waals surface area contributed by atoms with Crippen LogP contribution >= 0.6 is 11.6 Å². The zero-order valence-electron chi connectivity index (χ0n) is 27.5. The van der Waals surface area contributed by atoms with E-state index in [1.54, 1.807) is 36.4 Å². The van der Waals surface area contributed by atoms with Crippen LogP contribution in [0.25, 0.3) is 0 Å². The van der Waals surface area contributed by atoms with E-state index in [1.807, 2.05) is 12.1 Å². The molecule has 2 heterocycles. The van der Waals surface area contributed by atoms with Gasteiger partial charge in [0.1, 0.15) is 5.82 Å². The fraction of sp³-hybridized carbons (Fsp3) is 0.314. The molecule has 1 unspecified atom stereocenters. The fourth-order valence-corrected chi connectivity index (χ4v) is 5.88. The number of rotatable bonds is 11. The maximum Gasteiger partial charge on any atom is 0.422 e. The van der Waals surface area contributed by atoms with Gasteiger partial charge in [-0.2, -0.15) is 28.1 Å². The van der Waals surface area contributed by atoms with Crippen LogP contribution in [0.15, 0.2) is 72.8 Å². The van der Waals surface area contributed by atoms with Crippen molar-refractivity contribution in [1.82, 2.24) is 25.2 Å². The van der Waals surface area contributed by atoms with Crippen LogP contribution in [-0.2, 0) is 15.1 Å². The van der Waals surface area contributed by atoms with Gasteiger partial charge in [0.2, 0.25) is 11.9 Å². The molecular weight excluding hydrogens is 708 g/mol. The SMILES string of the molecule is O=C(Nc1cccc(F)c1)C(=O)N1CCCC(CNC(=O)c2ccc(Nc3nc(NC4(c5ccc(Cl)cc5)CC4)nc(OCC(F)(F)F)n3)cc2)C1. The van der Waals surface area contributed by atoms with E-state index in [2.05, 4.69) is 36.2 Å². The van der Waals surface area contributed by atoms with Crippen LogP contribution in [0, 0.1) is 11.7 Å². The number of hydrogen-bond donors (Lipinski definition) is 4. The Kier molecular flexibility index (Phi) is 10.7. The van der Waals surface area contributed by atoms with E-state index in [1.165, 1.54) is 23.1 Å². The molecule has 4 aromatic rings. The van der Waals surface area contributed by atoms with Gasteiger partial charge in [-0.15, -0.1) is 0 Å². The first-order valence-corrected chi connectivity index (χ1v) is 16.7. The van der Waals surface area contributed by atoms with Gasteiger partial charge < -0.3 is 30.9 Å². The summed E-state index contributed by atoms with van der Waals surface area (Å²) in [5, 5.41) is 12.0. The molecule has 3 aromatic carbocycles. The van der Waals surface area contributed by atoms with Crippen molar-refractivity contribution in [1.29, 1.82) is 0 Å². The minimum absolute atomic E-state index is 0.00770. The summed E-state index contributed by atoms with van der Waals surface area (Å²) in [5.41, 5.74) is 1.33. The molecule has 2 fully saturated rings. The Morgan fingerprint density at radius 2 is 1.67 bits per heavy atom. The molecule has 6 rings (SSSR count). The molecule has 1 aliphatic carbocycles. The quantitative estimate of drug-likeness (QED) is 0.106. The van der Waals surface area contributed by atoms with E-state index in [0.29, 0.717) is 29.2 Å². The third kappa shape index (κ3) is 9.63. The van der Waals surface area contributed by atoms with Gasteiger partial charge in [0, 0.05) is 41.6 Å². The number of amides is 3. The van der Waals surface area contributed by atoms with Crippen molar-refractivity contribution >= 4 is 52.6 Å². The van der Waals surface area contributed by atoms with Gasteiger partial charge in [0.25, 0.3) is 5.91 Å². The number of ether oxygens (including phenoxy) is 1. The Balaban J connectivity index is 1.05. The normalized spacial score (nSPS) is 16.4. The first-order chi connectivity index (χ1) is 24.8. The average molecular weight is 741 g/mol. The molecule has 1 aliphatic heterocycles. The molecule has 17 heteroatoms. The minimum Gasteiger partial charge on any atom is -0.454 e. The Morgan fingerprint density at radius 3 is 2.37 bits per heavy atom. The molecule has 2 aliphatic rings. The topological polar surface area (TPSA) is 150 Å². The van der Waals surface area contributed by atoms with Crippen molar-refractivity contribution in [2.24, 2.45) is 5.92 Å². The van der Waals surface area contributed by atoms with Crippen LogP contribution in [0.5, 0.6) is 6.01 Å². The monoisotopic (exact) mass is 740 g/mol. The van der Waals surface area contributed by atoms with Crippen LogP contribution in [0.2, 0.25) is 5.02 Å². The van der Waals surface area contributed by atoms with E-state index < -0.39 is 42.0 Å². The summed E-state index contributed by atoms with van der Waals surface area (Å²) >= 11 is 6.03. The number of aromatic nitrogens is 3. The van der Waals surface area contributed by atoms with Crippen molar-refractivity contribution in [3.05, 3.63) is 94.8 Å². The van der Waals surface area contributed by atoms with E-state index in [9.17, 15) is 31.9 Å². The van der Waals surface area contributed by atoms with Crippen molar-refractivity contribution < 1.29 is 36.7 Å². The molecule has 1 atom stereocenters. The Morgan fingerprint density at radius 1 is 0.942 bits per heavy atom. The van der Waals surface area contributed by atoms with E-state index in [4.69, 9.17) is 16.3 Å². The largest absolute Gasteiger partial charge is 0.454 e. The van der Waals surface area contributed by atoms with E-state index in [-0.39, 0.29) is 42.5 Å². The first kappa shape index (κ1) is 36.3. The van der Waals surface area contributed by atoms with Gasteiger partial charge >= 0.3 is 24.0 Å². The predicted octanol–water partition coefficient (Wildman–Crippen LogP) is 6.06. The molecule has 1 saturated heterocycles. The molecule has 4 N–H and O–H groups in total. The fourth-order valence-electron chi connectivity index (χ4n) is 5.76. The lowest BCUT2D eigenvalue weighted by molar-refractivity contribution is -0.154. The minimum atomic E-state index is -4.61. The number of nitrogens with zero attached hydrogens (tertiary/aromatic N) is 4. The maximum absolute atomic E-state index is 13.5. The van der Waals surface area contributed by atoms with E-state index >= 15 is 0 Å². The molecule has 0 spiro atoms. The second-order valence-corrected chi connectivity index (χ2v) is 13.0. The number of hydrogen-bond acceptors (Lipinski definition) is 9. The van der Waals surface area contributed by atoms with E-state index in [0.717, 1.165) is 30.9 Å². The lowest BCUT2D eigenvalue weighted by atomic mass is 9.97. The molecule has 0 radical (unpaired) electrons. The second kappa shape index (κ2) is 15.4. The highest BCUT2D eigenvalue weighted by atomic mass is 35.5. The second-order valence-electron chi connectivity index (χ2n) is 12.5. The highest BCUT2D eigenvalue weighted by molar-refractivity contribution is 6.39. The lowest BCUT2D eigenvalue weighted by Gasteiger charge is -2.32. The molecule has 12 nitrogen and oxygen atoms in total. The number of carbonyl (C=O) groups excluding carboxylic acids is 3. The molecule has 1 aromatic heterocycles. The van der Waals surface area contributed by atoms with Crippen molar-refractivity contribution in [3.8, 4) is 6.01 Å². The third-order valence-corrected chi connectivity index (χ3v) is 8.77. The number of nitrogens with one attached hydrogen (secondary N) is 4. The number of piperidine rings is 1. The Bertz CT molecular complexity index is 1930. The number of halogens is 5. The van der Waals surface area contributed by atoms with Crippen LogP contribution in [0.1, 0.15) is 41.6 Å². The summed E-state index contributed by atoms with van der Waals surface area (Å²) < 4.78 is 57.1. The molecule has 3 amide bonds. The smallest absolute Gasteiger partial charge is 0.422 e. The Hall–Kier alpha value is -5.51. The van der Waals surface area contributed by atoms with Gasteiger partial charge in [-0.3, -0.25) is 14.4 Å². The van der Waals surface area contributed by atoms with Crippen molar-refractivity contribution in [3.63, 3.8) is 0 Å². The zero-order valence-corrected chi connectivity index (χ0v) is 28.2. The molecule has 272 valence electrons. The summed E-state index contributed by atoms with van der Waals surface area (Å²) in [6.07, 6.45) is -1.77. The molecular formula is C35H33ClF4N8O4. The number of anilines is 4. The highest BCUT2D eigenvalue weighted by Gasteiger charge is 2.45. The maximum atomic E-state index is 13.5. The number of alkyl halides is 3. The molecule has 52 heavy (non-hydrogen) atoms. The standard InChI is InChI=1S/C35H33ClF4N8O4/c36-24-10-8-23(9-11-24)34(14-15-34)47-32-44-31(45-33(46-32)52-20-35(38,39)40)43-26-12-6-22(7-13-26)28(49)41-18-21-3-2-16-48(19-21)30(51)29(50)42-27-5-1-4-25(37)17-27/h1,4-13,17,21H,2-3,14-16,18-20H2,(H,41,49)(H,42,50)(H2,43,44,45,46,47). The summed E-state index contributed by atoms with van der Waals surface area (Å²) in [7, 11) is 0. The zero-order chi connectivity index (χ0) is 36.9. The summed E-state index contributed by atoms with van der Waals surface area (Å²) in [4.78, 5) is 52.0. The third-order valence-electron chi connectivity index (χ3n) is 8.52. The number of carbonyl (C=O) groups is 3. The number of likely N-dealkylation sites (tertiary alicyclic amines) is 1. The molecule has 0 bridgehead atoms. The number of benzene rings is 3. The first-order valence-electron chi connectivity index (χ1n) is 16.4. The summed E-state index contributed by atoms with van der Waals surface area (Å²) in [6, 6.07) is 18.2. The van der Waals surface area contributed by atoms with Crippen LogP contribution in [-0.4, -0.2) is 70.0 Å². The van der Waals surface area contributed by atoms with Gasteiger partial charge in [0.15, 0.2) is 6.61 Å². The summed E-state index contributed by atoms with van der Waals surface area (Å²) in [6.45, 7) is -0.695. The lowest BCUT2D eigenvalue weighted by Crippen LogP contribution is -2.47. The van der Waals surface area contributed by atoms with Crippen LogP contribution in [0.3, 0.4) is 0 Å². The predicted molar refractivity (Wildman–Crippen MR) is 184 cm³/mol. The van der Waals surface area contributed by atoms with Crippen LogP contribution < -0.4 is 26.0 Å². The van der Waals surface area contributed by atoms with Crippen LogP contribution in [0.4, 0.5) is 40.8 Å². The van der Waals surface area contributed by atoms with Gasteiger partial charge in [-0.1, -0.05) is 29.8 Å². The Labute approximate surface area is 300 Å².